The van der Waals surface area contributed by atoms with Crippen molar-refractivity contribution < 1.29 is 23.4 Å². The molecule has 0 saturated heterocycles. The number of benzene rings is 3. The first kappa shape index (κ1) is 19.2. The van der Waals surface area contributed by atoms with Crippen LogP contribution in [0.3, 0.4) is 0 Å². The van der Waals surface area contributed by atoms with Crippen molar-refractivity contribution in [3.63, 3.8) is 0 Å². The Hall–Kier alpha value is -3.09. The van der Waals surface area contributed by atoms with Gasteiger partial charge in [-0.15, -0.1) is 0 Å². The average Bonchev–Trinajstić information content (AvgIpc) is 2.74. The topological polar surface area (TPSA) is 49.8 Å². The van der Waals surface area contributed by atoms with E-state index in [1.807, 2.05) is 0 Å². The van der Waals surface area contributed by atoms with Crippen LogP contribution in [0.4, 0.5) is 14.5 Å². The van der Waals surface area contributed by atoms with Crippen molar-refractivity contribution in [2.45, 2.75) is 18.2 Å². The predicted octanol–water partition coefficient (Wildman–Crippen LogP) is 3.76. The normalized spacial score (nSPS) is 21.2. The van der Waals surface area contributed by atoms with E-state index in [1.54, 1.807) is 54.6 Å². The number of anilines is 1. The molecule has 1 N–H and O–H groups in total. The highest BCUT2D eigenvalue weighted by atomic mass is 19.1. The highest BCUT2D eigenvalue weighted by molar-refractivity contribution is 6.01. The quantitative estimate of drug-likeness (QED) is 0.732. The molecule has 4 nitrogen and oxygen atoms in total. The number of nitrogens with zero attached hydrogens (tertiary/aromatic N) is 1. The van der Waals surface area contributed by atoms with Gasteiger partial charge < -0.3 is 14.7 Å². The van der Waals surface area contributed by atoms with Crippen LogP contribution in [-0.2, 0) is 21.7 Å². The summed E-state index contributed by atoms with van der Waals surface area (Å²) in [6, 6.07) is 19.1. The number of rotatable bonds is 4. The molecule has 2 unspecified atom stereocenters. The van der Waals surface area contributed by atoms with Crippen molar-refractivity contribution in [2.75, 3.05) is 12.0 Å². The van der Waals surface area contributed by atoms with Crippen molar-refractivity contribution in [2.24, 2.45) is 0 Å². The molecule has 29 heavy (non-hydrogen) atoms. The van der Waals surface area contributed by atoms with Gasteiger partial charge in [0.1, 0.15) is 11.6 Å². The Labute approximate surface area is 167 Å². The van der Waals surface area contributed by atoms with E-state index < -0.39 is 29.2 Å². The SMILES string of the molecule is COC1C(=O)N(Cc2c(F)cccc2F)c2ccccc2C1(O)c1ccccc1. The van der Waals surface area contributed by atoms with Crippen LogP contribution in [-0.4, -0.2) is 24.2 Å². The second-order valence-electron chi connectivity index (χ2n) is 6.89. The summed E-state index contributed by atoms with van der Waals surface area (Å²) in [6.07, 6.45) is -1.28. The summed E-state index contributed by atoms with van der Waals surface area (Å²) in [5.41, 5.74) is -0.678. The lowest BCUT2D eigenvalue weighted by Crippen LogP contribution is -2.57. The number of carbonyl (C=O) groups excluding carboxylic acids is 1. The Kier molecular flexibility index (Phi) is 4.90. The van der Waals surface area contributed by atoms with E-state index in [9.17, 15) is 18.7 Å². The molecule has 0 radical (unpaired) electrons. The van der Waals surface area contributed by atoms with E-state index in [0.29, 0.717) is 16.8 Å². The van der Waals surface area contributed by atoms with Gasteiger partial charge in [0.2, 0.25) is 0 Å². The second-order valence-corrected chi connectivity index (χ2v) is 6.89. The molecule has 148 valence electrons. The molecule has 1 amide bonds. The van der Waals surface area contributed by atoms with Crippen LogP contribution >= 0.6 is 0 Å². The van der Waals surface area contributed by atoms with Crippen LogP contribution < -0.4 is 4.90 Å². The maximum absolute atomic E-state index is 14.2. The van der Waals surface area contributed by atoms with Crippen LogP contribution in [0.25, 0.3) is 0 Å². The molecular formula is C23H19F2NO3. The number of carbonyl (C=O) groups is 1. The first-order valence-electron chi connectivity index (χ1n) is 9.13. The average molecular weight is 395 g/mol. The van der Waals surface area contributed by atoms with Crippen molar-refractivity contribution in [3.8, 4) is 0 Å². The lowest BCUT2D eigenvalue weighted by atomic mass is 9.77. The second kappa shape index (κ2) is 7.39. The Morgan fingerprint density at radius 3 is 2.24 bits per heavy atom. The molecular weight excluding hydrogens is 376 g/mol. The summed E-state index contributed by atoms with van der Waals surface area (Å²) in [7, 11) is 1.33. The van der Waals surface area contributed by atoms with Crippen molar-refractivity contribution in [3.05, 3.63) is 101 Å². The van der Waals surface area contributed by atoms with Gasteiger partial charge in [0.25, 0.3) is 5.91 Å². The number of amides is 1. The lowest BCUT2D eigenvalue weighted by Gasteiger charge is -2.44. The molecule has 2 atom stereocenters. The van der Waals surface area contributed by atoms with E-state index in [0.717, 1.165) is 12.1 Å². The van der Waals surface area contributed by atoms with E-state index >= 15 is 0 Å². The third kappa shape index (κ3) is 3.01. The number of ether oxygens (including phenoxy) is 1. The zero-order valence-corrected chi connectivity index (χ0v) is 15.7. The Morgan fingerprint density at radius 2 is 1.59 bits per heavy atom. The predicted molar refractivity (Wildman–Crippen MR) is 104 cm³/mol. The van der Waals surface area contributed by atoms with E-state index in [4.69, 9.17) is 4.74 Å². The fourth-order valence-corrected chi connectivity index (χ4v) is 3.89. The van der Waals surface area contributed by atoms with Crippen LogP contribution in [0.5, 0.6) is 0 Å². The van der Waals surface area contributed by atoms with E-state index in [1.165, 1.54) is 18.1 Å². The van der Waals surface area contributed by atoms with Crippen LogP contribution in [0, 0.1) is 11.6 Å². The number of para-hydroxylation sites is 1. The van der Waals surface area contributed by atoms with Gasteiger partial charge >= 0.3 is 0 Å². The maximum Gasteiger partial charge on any atom is 0.260 e. The third-order valence-corrected chi connectivity index (χ3v) is 5.30. The molecule has 0 fully saturated rings. The van der Waals surface area contributed by atoms with Crippen molar-refractivity contribution >= 4 is 11.6 Å². The molecule has 1 aliphatic rings. The minimum atomic E-state index is -1.74. The zero-order chi connectivity index (χ0) is 20.6. The zero-order valence-electron chi connectivity index (χ0n) is 15.7. The first-order valence-corrected chi connectivity index (χ1v) is 9.13. The van der Waals surface area contributed by atoms with Gasteiger partial charge in [-0.2, -0.15) is 0 Å². The lowest BCUT2D eigenvalue weighted by molar-refractivity contribution is -0.145. The molecule has 0 aromatic heterocycles. The molecule has 3 aromatic rings. The molecule has 0 spiro atoms. The molecule has 6 heteroatoms. The Morgan fingerprint density at radius 1 is 0.966 bits per heavy atom. The van der Waals surface area contributed by atoms with Gasteiger partial charge in [0, 0.05) is 18.2 Å². The van der Waals surface area contributed by atoms with E-state index in [2.05, 4.69) is 0 Å². The summed E-state index contributed by atoms with van der Waals surface area (Å²) >= 11 is 0. The van der Waals surface area contributed by atoms with Crippen LogP contribution in [0.15, 0.2) is 72.8 Å². The minimum absolute atomic E-state index is 0.226. The highest BCUT2D eigenvalue weighted by Gasteiger charge is 2.52. The number of aliphatic hydroxyl groups is 1. The molecule has 0 aliphatic carbocycles. The van der Waals surface area contributed by atoms with Gasteiger partial charge in [-0.05, 0) is 23.8 Å². The smallest absolute Gasteiger partial charge is 0.260 e. The summed E-state index contributed by atoms with van der Waals surface area (Å²) < 4.78 is 33.9. The molecule has 0 saturated carbocycles. The highest BCUT2D eigenvalue weighted by Crippen LogP contribution is 2.45. The molecule has 4 rings (SSSR count). The molecule has 0 bridgehead atoms. The Bertz CT molecular complexity index is 1040. The number of hydrogen-bond donors (Lipinski definition) is 1. The van der Waals surface area contributed by atoms with Crippen LogP contribution in [0.1, 0.15) is 16.7 Å². The minimum Gasteiger partial charge on any atom is -0.377 e. The van der Waals surface area contributed by atoms with Gasteiger partial charge in [0.15, 0.2) is 11.7 Å². The summed E-state index contributed by atoms with van der Waals surface area (Å²) in [6.45, 7) is -0.320. The maximum atomic E-state index is 14.2. The van der Waals surface area contributed by atoms with Gasteiger partial charge in [-0.1, -0.05) is 54.6 Å². The number of hydrogen-bond acceptors (Lipinski definition) is 3. The van der Waals surface area contributed by atoms with Gasteiger partial charge in [-0.3, -0.25) is 4.79 Å². The fourth-order valence-electron chi connectivity index (χ4n) is 3.89. The largest absolute Gasteiger partial charge is 0.377 e. The first-order chi connectivity index (χ1) is 14.0. The summed E-state index contributed by atoms with van der Waals surface area (Å²) in [5, 5.41) is 11.7. The number of fused-ring (bicyclic) bond motifs is 1. The van der Waals surface area contributed by atoms with Gasteiger partial charge in [0.05, 0.1) is 12.2 Å². The number of methoxy groups -OCH3 is 1. The van der Waals surface area contributed by atoms with E-state index in [-0.39, 0.29) is 12.1 Å². The van der Waals surface area contributed by atoms with Crippen LogP contribution in [0.2, 0.25) is 0 Å². The molecule has 3 aromatic carbocycles. The summed E-state index contributed by atoms with van der Waals surface area (Å²) in [4.78, 5) is 14.6. The standard InChI is InChI=1S/C23H19F2NO3/c1-29-21-22(27)26(14-16-18(24)11-7-12-19(16)25)20-13-6-5-10-17(20)23(21,28)15-8-3-2-4-9-15/h2-13,21,28H,14H2,1H3. The number of halogens is 2. The van der Waals surface area contributed by atoms with Crippen molar-refractivity contribution in [1.82, 2.24) is 0 Å². The molecule has 1 heterocycles. The fraction of sp³-hybridized carbons (Fsp3) is 0.174. The summed E-state index contributed by atoms with van der Waals surface area (Å²) in [5.74, 6) is -2.07. The van der Waals surface area contributed by atoms with Gasteiger partial charge in [-0.25, -0.2) is 8.78 Å². The third-order valence-electron chi connectivity index (χ3n) is 5.30. The molecule has 1 aliphatic heterocycles. The Balaban J connectivity index is 1.89. The van der Waals surface area contributed by atoms with Crippen molar-refractivity contribution in [1.29, 1.82) is 0 Å². The monoisotopic (exact) mass is 395 g/mol.